The molecule has 1 rings (SSSR count). The topological polar surface area (TPSA) is 80.9 Å². The summed E-state index contributed by atoms with van der Waals surface area (Å²) in [7, 11) is 0. The van der Waals surface area contributed by atoms with Crippen molar-refractivity contribution in [2.24, 2.45) is 0 Å². The van der Waals surface area contributed by atoms with E-state index in [1.165, 1.54) is 0 Å². The van der Waals surface area contributed by atoms with Crippen LogP contribution in [-0.4, -0.2) is 50.1 Å². The molecular formula is C6H12O4S. The van der Waals surface area contributed by atoms with E-state index in [1.807, 2.05) is 0 Å². The molecule has 0 heterocycles. The van der Waals surface area contributed by atoms with Crippen LogP contribution in [0.2, 0.25) is 0 Å². The lowest BCUT2D eigenvalue weighted by molar-refractivity contribution is -0.0258. The summed E-state index contributed by atoms with van der Waals surface area (Å²) in [5.41, 5.74) is 0. The van der Waals surface area contributed by atoms with Gasteiger partial charge in [0, 0.05) is 0 Å². The second-order valence-electron chi connectivity index (χ2n) is 2.97. The summed E-state index contributed by atoms with van der Waals surface area (Å²) in [5, 5.41) is 36.2. The van der Waals surface area contributed by atoms with Crippen LogP contribution >= 0.6 is 12.6 Å². The molecule has 1 aliphatic rings. The van der Waals surface area contributed by atoms with Gasteiger partial charge in [-0.3, -0.25) is 0 Å². The lowest BCUT2D eigenvalue weighted by Gasteiger charge is -2.24. The number of rotatable bonds is 1. The maximum absolute atomic E-state index is 9.24. The average molecular weight is 180 g/mol. The van der Waals surface area contributed by atoms with Crippen LogP contribution in [-0.2, 0) is 0 Å². The Morgan fingerprint density at radius 3 is 2.09 bits per heavy atom. The molecule has 0 aromatic heterocycles. The van der Waals surface area contributed by atoms with Gasteiger partial charge < -0.3 is 20.4 Å². The Kier molecular flexibility index (Phi) is 2.46. The Balaban J connectivity index is 2.73. The third-order valence-electron chi connectivity index (χ3n) is 2.10. The van der Waals surface area contributed by atoms with Crippen molar-refractivity contribution >= 4 is 12.6 Å². The monoisotopic (exact) mass is 180 g/mol. The summed E-state index contributed by atoms with van der Waals surface area (Å²) in [4.78, 5) is 0. The number of hydrogen-bond donors (Lipinski definition) is 5. The highest BCUT2D eigenvalue weighted by atomic mass is 32.1. The minimum Gasteiger partial charge on any atom is -0.395 e. The van der Waals surface area contributed by atoms with Crippen molar-refractivity contribution in [3.05, 3.63) is 0 Å². The predicted octanol–water partition coefficient (Wildman–Crippen LogP) is -1.87. The molecule has 11 heavy (non-hydrogen) atoms. The zero-order valence-corrected chi connectivity index (χ0v) is 6.78. The minimum atomic E-state index is -1.19. The number of aliphatic hydroxyl groups is 4. The molecule has 0 saturated heterocycles. The van der Waals surface area contributed by atoms with Crippen LogP contribution in [0.15, 0.2) is 0 Å². The van der Waals surface area contributed by atoms with Crippen LogP contribution in [0.3, 0.4) is 0 Å². The highest BCUT2D eigenvalue weighted by molar-refractivity contribution is 7.82. The molecule has 4 atom stereocenters. The second kappa shape index (κ2) is 2.91. The van der Waals surface area contributed by atoms with Gasteiger partial charge in [0.1, 0.15) is 6.10 Å². The normalized spacial score (nSPS) is 51.5. The summed E-state index contributed by atoms with van der Waals surface area (Å²) in [5.74, 6) is 0. The molecule has 0 unspecified atom stereocenters. The fraction of sp³-hybridized carbons (Fsp3) is 1.00. The third kappa shape index (κ3) is 1.39. The van der Waals surface area contributed by atoms with E-state index in [2.05, 4.69) is 12.6 Å². The Morgan fingerprint density at radius 2 is 1.91 bits per heavy atom. The van der Waals surface area contributed by atoms with Crippen LogP contribution in [0.1, 0.15) is 6.42 Å². The Labute approximate surface area is 69.9 Å². The molecule has 1 saturated carbocycles. The third-order valence-corrected chi connectivity index (χ3v) is 2.69. The molecule has 0 aliphatic heterocycles. The molecule has 0 radical (unpaired) electrons. The van der Waals surface area contributed by atoms with Crippen molar-refractivity contribution in [1.29, 1.82) is 0 Å². The van der Waals surface area contributed by atoms with Crippen molar-refractivity contribution in [2.75, 3.05) is 6.61 Å². The summed E-state index contributed by atoms with van der Waals surface area (Å²) in [6.07, 6.45) is -3.24. The van der Waals surface area contributed by atoms with Crippen molar-refractivity contribution in [3.63, 3.8) is 0 Å². The van der Waals surface area contributed by atoms with Gasteiger partial charge in [-0.25, -0.2) is 0 Å². The molecule has 0 aromatic rings. The molecule has 1 fully saturated rings. The Morgan fingerprint density at radius 1 is 1.36 bits per heavy atom. The summed E-state index contributed by atoms with van der Waals surface area (Å²) < 4.78 is -1.06. The van der Waals surface area contributed by atoms with E-state index in [0.29, 0.717) is 0 Å². The number of aliphatic hydroxyl groups excluding tert-OH is 4. The maximum atomic E-state index is 9.24. The van der Waals surface area contributed by atoms with E-state index >= 15 is 0 Å². The fourth-order valence-corrected chi connectivity index (χ4v) is 1.63. The molecule has 0 bridgehead atoms. The summed E-state index contributed by atoms with van der Waals surface area (Å²) >= 11 is 3.97. The van der Waals surface area contributed by atoms with E-state index in [9.17, 15) is 5.11 Å². The zero-order chi connectivity index (χ0) is 8.65. The Hall–Kier alpha value is 0.190. The predicted molar refractivity (Wildman–Crippen MR) is 41.4 cm³/mol. The van der Waals surface area contributed by atoms with Crippen LogP contribution in [0.5, 0.6) is 0 Å². The first kappa shape index (κ1) is 9.28. The minimum absolute atomic E-state index is 0.106. The van der Waals surface area contributed by atoms with Gasteiger partial charge in [0.05, 0.1) is 23.6 Å². The van der Waals surface area contributed by atoms with Gasteiger partial charge in [0.25, 0.3) is 0 Å². The van der Waals surface area contributed by atoms with E-state index in [1.54, 1.807) is 0 Å². The molecule has 0 aromatic carbocycles. The molecule has 0 amide bonds. The number of thiol groups is 1. The van der Waals surface area contributed by atoms with E-state index in [-0.39, 0.29) is 13.0 Å². The van der Waals surface area contributed by atoms with Crippen molar-refractivity contribution in [1.82, 2.24) is 0 Å². The molecule has 0 spiro atoms. The van der Waals surface area contributed by atoms with Gasteiger partial charge >= 0.3 is 0 Å². The van der Waals surface area contributed by atoms with Crippen LogP contribution in [0, 0.1) is 0 Å². The van der Waals surface area contributed by atoms with Gasteiger partial charge in [-0.1, -0.05) is 0 Å². The first-order valence-corrected chi connectivity index (χ1v) is 3.83. The van der Waals surface area contributed by atoms with Gasteiger partial charge in [0.2, 0.25) is 0 Å². The maximum Gasteiger partial charge on any atom is 0.107 e. The summed E-state index contributed by atoms with van der Waals surface area (Å²) in [6, 6.07) is 0. The second-order valence-corrected chi connectivity index (χ2v) is 3.86. The molecule has 4 N–H and O–H groups in total. The lowest BCUT2D eigenvalue weighted by atomic mass is 10.1. The molecule has 66 valence electrons. The Bertz CT molecular complexity index is 154. The van der Waals surface area contributed by atoms with Crippen LogP contribution in [0.25, 0.3) is 0 Å². The molecule has 1 aliphatic carbocycles. The number of hydrogen-bond acceptors (Lipinski definition) is 5. The fourth-order valence-electron chi connectivity index (χ4n) is 1.29. The quantitative estimate of drug-likeness (QED) is 0.306. The van der Waals surface area contributed by atoms with Crippen LogP contribution < -0.4 is 0 Å². The first-order valence-electron chi connectivity index (χ1n) is 3.39. The smallest absolute Gasteiger partial charge is 0.107 e. The largest absolute Gasteiger partial charge is 0.395 e. The highest BCUT2D eigenvalue weighted by Gasteiger charge is 2.49. The average Bonchev–Trinajstić information content (AvgIpc) is 2.17. The van der Waals surface area contributed by atoms with Gasteiger partial charge in [0.15, 0.2) is 0 Å². The summed E-state index contributed by atoms with van der Waals surface area (Å²) in [6.45, 7) is -0.356. The molecule has 4 nitrogen and oxygen atoms in total. The van der Waals surface area contributed by atoms with E-state index in [0.717, 1.165) is 0 Å². The van der Waals surface area contributed by atoms with Crippen molar-refractivity contribution < 1.29 is 20.4 Å². The standard InChI is InChI=1S/C6H12O4S/c7-2-6(11)1-3(8)4(9)5(6)10/h3-5,7-11H,1-2H2/t3-,4+,5-,6+/m0/s1. The lowest BCUT2D eigenvalue weighted by Crippen LogP contribution is -2.40. The molecule has 5 heteroatoms. The van der Waals surface area contributed by atoms with E-state index < -0.39 is 23.1 Å². The molecular weight excluding hydrogens is 168 g/mol. The zero-order valence-electron chi connectivity index (χ0n) is 5.88. The van der Waals surface area contributed by atoms with Gasteiger partial charge in [-0.05, 0) is 6.42 Å². The highest BCUT2D eigenvalue weighted by Crippen LogP contribution is 2.35. The van der Waals surface area contributed by atoms with Crippen LogP contribution in [0.4, 0.5) is 0 Å². The van der Waals surface area contributed by atoms with Crippen molar-refractivity contribution in [2.45, 2.75) is 29.5 Å². The van der Waals surface area contributed by atoms with Gasteiger partial charge in [-0.15, -0.1) is 0 Å². The SMILES string of the molecule is OC[C@]1(S)C[C@H](O)[C@@H](O)[C@@H]1O. The van der Waals surface area contributed by atoms with Crippen molar-refractivity contribution in [3.8, 4) is 0 Å². The first-order chi connectivity index (χ1) is 5.01. The van der Waals surface area contributed by atoms with Gasteiger partial charge in [-0.2, -0.15) is 12.6 Å². The van der Waals surface area contributed by atoms with E-state index in [4.69, 9.17) is 15.3 Å².